The number of hydrogen-bond acceptors (Lipinski definition) is 5. The van der Waals surface area contributed by atoms with Crippen molar-refractivity contribution in [3.8, 4) is 5.75 Å². The van der Waals surface area contributed by atoms with Crippen molar-refractivity contribution in [1.82, 2.24) is 9.88 Å². The molecule has 3 aromatic carbocycles. The first-order chi connectivity index (χ1) is 18.4. The average molecular weight is 505 g/mol. The molecule has 5 rings (SSSR count). The first-order valence-corrected chi connectivity index (χ1v) is 12.4. The van der Waals surface area contributed by atoms with E-state index >= 15 is 0 Å². The van der Waals surface area contributed by atoms with Crippen molar-refractivity contribution >= 4 is 17.4 Å². The molecule has 1 fully saturated rings. The van der Waals surface area contributed by atoms with E-state index in [1.54, 1.807) is 18.5 Å². The summed E-state index contributed by atoms with van der Waals surface area (Å²) in [5.41, 5.74) is 4.91. The molecule has 1 aliphatic rings. The highest BCUT2D eigenvalue weighted by Crippen LogP contribution is 2.41. The van der Waals surface area contributed by atoms with Crippen LogP contribution in [0.1, 0.15) is 39.4 Å². The van der Waals surface area contributed by atoms with Crippen LogP contribution < -0.4 is 4.74 Å². The first kappa shape index (κ1) is 25.0. The number of aliphatic hydroxyl groups excluding tert-OH is 1. The van der Waals surface area contributed by atoms with E-state index in [0.29, 0.717) is 23.5 Å². The minimum atomic E-state index is -0.765. The van der Waals surface area contributed by atoms with Crippen LogP contribution in [-0.2, 0) is 22.7 Å². The fourth-order valence-corrected chi connectivity index (χ4v) is 4.70. The number of carbonyl (C=O) groups excluding carboxylic acids is 2. The number of ketones is 1. The number of pyridine rings is 1. The summed E-state index contributed by atoms with van der Waals surface area (Å²) in [6, 6.07) is 25.7. The Labute approximate surface area is 221 Å². The van der Waals surface area contributed by atoms with Crippen molar-refractivity contribution in [1.29, 1.82) is 0 Å². The molecular weight excluding hydrogens is 476 g/mol. The van der Waals surface area contributed by atoms with Gasteiger partial charge in [-0.2, -0.15) is 0 Å². The average Bonchev–Trinajstić information content (AvgIpc) is 3.19. The second-order valence-electron chi connectivity index (χ2n) is 9.45. The SMILES string of the molecule is Cc1ccc(C)c(C(O)=C2C(=O)C(=O)N(Cc3cccnc3)C2c2ccc(OCc3ccccc3)cc2)c1. The Morgan fingerprint density at radius 3 is 2.37 bits per heavy atom. The topological polar surface area (TPSA) is 79.7 Å². The van der Waals surface area contributed by atoms with Gasteiger partial charge in [0, 0.05) is 24.5 Å². The van der Waals surface area contributed by atoms with Gasteiger partial charge in [-0.25, -0.2) is 0 Å². The molecule has 4 aromatic rings. The van der Waals surface area contributed by atoms with Crippen LogP contribution >= 0.6 is 0 Å². The van der Waals surface area contributed by atoms with Crippen molar-refractivity contribution in [2.24, 2.45) is 0 Å². The number of aryl methyl sites for hydroxylation is 2. The lowest BCUT2D eigenvalue weighted by Gasteiger charge is -2.25. The summed E-state index contributed by atoms with van der Waals surface area (Å²) in [6.45, 7) is 4.39. The van der Waals surface area contributed by atoms with Gasteiger partial charge in [0.1, 0.15) is 18.1 Å². The minimum absolute atomic E-state index is 0.0746. The predicted molar refractivity (Wildman–Crippen MR) is 145 cm³/mol. The molecular formula is C32H28N2O4. The smallest absolute Gasteiger partial charge is 0.295 e. The summed E-state index contributed by atoms with van der Waals surface area (Å²) in [7, 11) is 0. The fraction of sp³-hybridized carbons (Fsp3) is 0.156. The molecule has 0 spiro atoms. The molecule has 0 aliphatic carbocycles. The molecule has 6 nitrogen and oxygen atoms in total. The molecule has 2 heterocycles. The van der Waals surface area contributed by atoms with Crippen LogP contribution in [0, 0.1) is 13.8 Å². The Kier molecular flexibility index (Phi) is 7.05. The lowest BCUT2D eigenvalue weighted by atomic mass is 9.93. The van der Waals surface area contributed by atoms with Gasteiger partial charge in [0.25, 0.3) is 11.7 Å². The summed E-state index contributed by atoms with van der Waals surface area (Å²) >= 11 is 0. The number of likely N-dealkylation sites (tertiary alicyclic amines) is 1. The fourth-order valence-electron chi connectivity index (χ4n) is 4.70. The second-order valence-corrected chi connectivity index (χ2v) is 9.45. The molecule has 0 bridgehead atoms. The van der Waals surface area contributed by atoms with E-state index in [0.717, 1.165) is 22.3 Å². The summed E-state index contributed by atoms with van der Waals surface area (Å²) in [6.07, 6.45) is 3.32. The van der Waals surface area contributed by atoms with Crippen LogP contribution in [0.5, 0.6) is 5.75 Å². The van der Waals surface area contributed by atoms with E-state index in [1.165, 1.54) is 4.90 Å². The number of benzene rings is 3. The third-order valence-electron chi connectivity index (χ3n) is 6.71. The Bertz CT molecular complexity index is 1500. The van der Waals surface area contributed by atoms with Crippen LogP contribution in [-0.4, -0.2) is 26.7 Å². The van der Waals surface area contributed by atoms with Gasteiger partial charge in [-0.05, 0) is 60.4 Å². The summed E-state index contributed by atoms with van der Waals surface area (Å²) < 4.78 is 5.93. The Morgan fingerprint density at radius 1 is 0.921 bits per heavy atom. The van der Waals surface area contributed by atoms with Gasteiger partial charge >= 0.3 is 0 Å². The van der Waals surface area contributed by atoms with Gasteiger partial charge in [0.15, 0.2) is 0 Å². The number of Topliss-reactive ketones (excluding diaryl/α,β-unsaturated/α-hetero) is 1. The van der Waals surface area contributed by atoms with Gasteiger partial charge in [-0.15, -0.1) is 0 Å². The number of amides is 1. The molecule has 1 atom stereocenters. The standard InChI is InChI=1S/C32H28N2O4/c1-21-10-11-22(2)27(17-21)30(35)28-29(34(32(37)31(28)36)19-24-9-6-16-33-18-24)25-12-14-26(15-13-25)38-20-23-7-4-3-5-8-23/h3-18,29,35H,19-20H2,1-2H3. The van der Waals surface area contributed by atoms with Crippen LogP contribution in [0.4, 0.5) is 0 Å². The number of nitrogens with zero attached hydrogens (tertiary/aromatic N) is 2. The third-order valence-corrected chi connectivity index (χ3v) is 6.71. The van der Waals surface area contributed by atoms with Crippen molar-refractivity contribution in [2.45, 2.75) is 33.0 Å². The third kappa shape index (κ3) is 5.06. The molecule has 0 saturated carbocycles. The molecule has 1 saturated heterocycles. The van der Waals surface area contributed by atoms with Gasteiger partial charge < -0.3 is 14.7 Å². The maximum Gasteiger partial charge on any atom is 0.295 e. The highest BCUT2D eigenvalue weighted by molar-refractivity contribution is 6.46. The van der Waals surface area contributed by atoms with Crippen molar-refractivity contribution < 1.29 is 19.4 Å². The lowest BCUT2D eigenvalue weighted by Crippen LogP contribution is -2.29. The Hall–Kier alpha value is -4.71. The summed E-state index contributed by atoms with van der Waals surface area (Å²) in [5.74, 6) is -0.874. The van der Waals surface area contributed by atoms with Crippen LogP contribution in [0.3, 0.4) is 0 Å². The summed E-state index contributed by atoms with van der Waals surface area (Å²) in [5, 5.41) is 11.4. The zero-order valence-corrected chi connectivity index (χ0v) is 21.3. The molecule has 1 N–H and O–H groups in total. The lowest BCUT2D eigenvalue weighted by molar-refractivity contribution is -0.140. The first-order valence-electron chi connectivity index (χ1n) is 12.4. The molecule has 1 unspecified atom stereocenters. The Morgan fingerprint density at radius 2 is 1.66 bits per heavy atom. The van der Waals surface area contributed by atoms with Gasteiger partial charge in [-0.3, -0.25) is 14.6 Å². The highest BCUT2D eigenvalue weighted by atomic mass is 16.5. The number of rotatable bonds is 7. The molecule has 1 aliphatic heterocycles. The van der Waals surface area contributed by atoms with Gasteiger partial charge in [0.05, 0.1) is 11.6 Å². The van der Waals surface area contributed by atoms with E-state index in [1.807, 2.05) is 92.7 Å². The molecule has 1 amide bonds. The van der Waals surface area contributed by atoms with Crippen LogP contribution in [0.25, 0.3) is 5.76 Å². The molecule has 6 heteroatoms. The monoisotopic (exact) mass is 504 g/mol. The zero-order chi connectivity index (χ0) is 26.6. The maximum absolute atomic E-state index is 13.4. The number of carbonyl (C=O) groups is 2. The largest absolute Gasteiger partial charge is 0.507 e. The van der Waals surface area contributed by atoms with Gasteiger partial charge in [-0.1, -0.05) is 66.2 Å². The number of aliphatic hydroxyl groups is 1. The van der Waals surface area contributed by atoms with E-state index in [9.17, 15) is 14.7 Å². The number of ether oxygens (including phenoxy) is 1. The molecule has 190 valence electrons. The predicted octanol–water partition coefficient (Wildman–Crippen LogP) is 5.90. The molecule has 38 heavy (non-hydrogen) atoms. The maximum atomic E-state index is 13.4. The molecule has 0 radical (unpaired) electrons. The van der Waals surface area contributed by atoms with Gasteiger partial charge in [0.2, 0.25) is 0 Å². The normalized spacial score (nSPS) is 16.6. The zero-order valence-electron chi connectivity index (χ0n) is 21.3. The summed E-state index contributed by atoms with van der Waals surface area (Å²) in [4.78, 5) is 32.3. The second kappa shape index (κ2) is 10.7. The van der Waals surface area contributed by atoms with Crippen molar-refractivity contribution in [3.63, 3.8) is 0 Å². The van der Waals surface area contributed by atoms with Crippen LogP contribution in [0.15, 0.2) is 103 Å². The quantitative estimate of drug-likeness (QED) is 0.193. The Balaban J connectivity index is 1.54. The van der Waals surface area contributed by atoms with E-state index in [2.05, 4.69) is 4.98 Å². The van der Waals surface area contributed by atoms with E-state index in [-0.39, 0.29) is 17.9 Å². The highest BCUT2D eigenvalue weighted by Gasteiger charge is 2.46. The van der Waals surface area contributed by atoms with Crippen molar-refractivity contribution in [3.05, 3.63) is 136 Å². The van der Waals surface area contributed by atoms with Crippen molar-refractivity contribution in [2.75, 3.05) is 0 Å². The van der Waals surface area contributed by atoms with E-state index in [4.69, 9.17) is 4.74 Å². The molecule has 1 aromatic heterocycles. The van der Waals surface area contributed by atoms with Crippen LogP contribution in [0.2, 0.25) is 0 Å². The number of aromatic nitrogens is 1. The van der Waals surface area contributed by atoms with E-state index < -0.39 is 17.7 Å². The number of hydrogen-bond donors (Lipinski definition) is 1. The minimum Gasteiger partial charge on any atom is -0.507 e.